The first-order valence-electron chi connectivity index (χ1n) is 11.3. The fourth-order valence-corrected chi connectivity index (χ4v) is 4.77. The molecule has 1 fully saturated rings. The van der Waals surface area contributed by atoms with Crippen LogP contribution in [-0.4, -0.2) is 47.9 Å². The van der Waals surface area contributed by atoms with Gasteiger partial charge in [-0.1, -0.05) is 0 Å². The maximum Gasteiger partial charge on any atom is 0.345 e. The molecule has 0 aliphatic heterocycles. The van der Waals surface area contributed by atoms with Gasteiger partial charge < -0.3 is 14.6 Å². The highest BCUT2D eigenvalue weighted by molar-refractivity contribution is 5.85. The van der Waals surface area contributed by atoms with Crippen molar-refractivity contribution in [1.29, 1.82) is 0 Å². The summed E-state index contributed by atoms with van der Waals surface area (Å²) in [5.41, 5.74) is 4.60. The van der Waals surface area contributed by atoms with Gasteiger partial charge in [0.1, 0.15) is 5.82 Å². The minimum atomic E-state index is -2.71. The summed E-state index contributed by atoms with van der Waals surface area (Å²) in [5, 5.41) is 7.93. The van der Waals surface area contributed by atoms with Crippen molar-refractivity contribution < 1.29 is 13.5 Å². The Kier molecular flexibility index (Phi) is 5.69. The van der Waals surface area contributed by atoms with E-state index in [0.717, 1.165) is 46.5 Å². The highest BCUT2D eigenvalue weighted by Crippen LogP contribution is 2.29. The summed E-state index contributed by atoms with van der Waals surface area (Å²) in [6.45, 7) is 3.55. The monoisotopic (exact) mass is 455 g/mol. The van der Waals surface area contributed by atoms with Crippen LogP contribution in [0.5, 0.6) is 0 Å². The summed E-state index contributed by atoms with van der Waals surface area (Å²) < 4.78 is 33.4. The van der Waals surface area contributed by atoms with Crippen molar-refractivity contribution >= 4 is 22.6 Å². The number of hydrogen-bond donors (Lipinski definition) is 1. The lowest BCUT2D eigenvalue weighted by molar-refractivity contribution is -0.169. The van der Waals surface area contributed by atoms with E-state index < -0.39 is 6.61 Å². The molecule has 0 saturated heterocycles. The summed E-state index contributed by atoms with van der Waals surface area (Å²) >= 11 is 0. The number of nitrogens with zero attached hydrogens (tertiary/aromatic N) is 6. The topological polar surface area (TPSA) is 82.2 Å². The second-order valence-electron chi connectivity index (χ2n) is 8.85. The lowest BCUT2D eigenvalue weighted by atomic mass is 9.93. The molecule has 1 aliphatic carbocycles. The Hall–Kier alpha value is -3.14. The van der Waals surface area contributed by atoms with E-state index in [2.05, 4.69) is 54.6 Å². The van der Waals surface area contributed by atoms with Crippen LogP contribution in [0.2, 0.25) is 0 Å². The van der Waals surface area contributed by atoms with Gasteiger partial charge in [-0.3, -0.25) is 0 Å². The lowest BCUT2D eigenvalue weighted by Crippen LogP contribution is -2.31. The molecule has 0 spiro atoms. The van der Waals surface area contributed by atoms with Crippen LogP contribution in [-0.2, 0) is 4.74 Å². The van der Waals surface area contributed by atoms with Crippen LogP contribution in [0.15, 0.2) is 30.7 Å². The Morgan fingerprint density at radius 1 is 1.09 bits per heavy atom. The number of anilines is 1. The summed E-state index contributed by atoms with van der Waals surface area (Å²) in [5.74, 6) is 1.46. The Morgan fingerprint density at radius 2 is 1.88 bits per heavy atom. The number of rotatable bonds is 6. The number of aromatic nitrogens is 6. The normalized spacial score (nSPS) is 19.2. The number of nitrogens with one attached hydrogen (secondary N) is 1. The van der Waals surface area contributed by atoms with E-state index in [-0.39, 0.29) is 18.2 Å². The van der Waals surface area contributed by atoms with Gasteiger partial charge in [-0.05, 0) is 58.6 Å². The quantitative estimate of drug-likeness (QED) is 0.441. The minimum Gasteiger partial charge on any atom is -0.350 e. The van der Waals surface area contributed by atoms with Gasteiger partial charge in [0.15, 0.2) is 5.65 Å². The molecule has 5 rings (SSSR count). The molecule has 33 heavy (non-hydrogen) atoms. The first-order valence-corrected chi connectivity index (χ1v) is 11.3. The van der Waals surface area contributed by atoms with Gasteiger partial charge in [0, 0.05) is 35.6 Å². The van der Waals surface area contributed by atoms with Crippen LogP contribution in [0.25, 0.3) is 27.8 Å². The van der Waals surface area contributed by atoms with Crippen LogP contribution < -0.4 is 5.32 Å². The molecule has 10 heteroatoms. The summed E-state index contributed by atoms with van der Waals surface area (Å²) in [6, 6.07) is 4.55. The number of alkyl halides is 2. The maximum atomic E-state index is 12.4. The number of imidazole rings is 1. The fourth-order valence-electron chi connectivity index (χ4n) is 4.77. The Labute approximate surface area is 190 Å². The van der Waals surface area contributed by atoms with Gasteiger partial charge in [0.2, 0.25) is 5.95 Å². The molecule has 4 aromatic rings. The van der Waals surface area contributed by atoms with Crippen molar-refractivity contribution in [2.75, 3.05) is 5.32 Å². The zero-order chi connectivity index (χ0) is 23.1. The lowest BCUT2D eigenvalue weighted by Gasteiger charge is -2.28. The molecule has 0 atom stereocenters. The van der Waals surface area contributed by atoms with Crippen LogP contribution in [0.1, 0.15) is 51.4 Å². The molecule has 4 aromatic heterocycles. The van der Waals surface area contributed by atoms with E-state index in [1.807, 2.05) is 25.4 Å². The maximum absolute atomic E-state index is 12.4. The third kappa shape index (κ3) is 4.27. The Balaban J connectivity index is 1.36. The molecule has 0 bridgehead atoms. The molecule has 8 nitrogen and oxygen atoms in total. The van der Waals surface area contributed by atoms with Gasteiger partial charge in [-0.15, -0.1) is 5.10 Å². The standard InChI is InChI=1S/C23H27F2N7O/c1-13(2)32-14(3)28-21-19(32)10-15(11-26-21)18-8-9-31-20(18)12-27-23(30-31)29-16-4-6-17(7-5-16)33-22(24)25/h8-13,16-17,22H,4-7H2,1-3H3,(H,29,30). The Bertz CT molecular complexity index is 1270. The van der Waals surface area contributed by atoms with Crippen molar-refractivity contribution in [3.05, 3.63) is 36.5 Å². The van der Waals surface area contributed by atoms with E-state index in [0.29, 0.717) is 18.8 Å². The first-order chi connectivity index (χ1) is 15.9. The van der Waals surface area contributed by atoms with Crippen LogP contribution >= 0.6 is 0 Å². The van der Waals surface area contributed by atoms with E-state index in [4.69, 9.17) is 0 Å². The molecule has 1 saturated carbocycles. The van der Waals surface area contributed by atoms with Crippen molar-refractivity contribution in [1.82, 2.24) is 29.1 Å². The van der Waals surface area contributed by atoms with Crippen LogP contribution in [0.4, 0.5) is 14.7 Å². The zero-order valence-electron chi connectivity index (χ0n) is 18.9. The highest BCUT2D eigenvalue weighted by atomic mass is 19.3. The SMILES string of the molecule is Cc1nc2ncc(-c3ccn4nc(NC5CCC(OC(F)F)CC5)ncc34)cc2n1C(C)C. The van der Waals surface area contributed by atoms with Gasteiger partial charge >= 0.3 is 6.61 Å². The van der Waals surface area contributed by atoms with Crippen molar-refractivity contribution in [3.8, 4) is 11.1 Å². The number of hydrogen-bond acceptors (Lipinski definition) is 6. The molecular formula is C23H27F2N7O. The summed E-state index contributed by atoms with van der Waals surface area (Å²) in [6.07, 6.45) is 7.83. The number of ether oxygens (including phenoxy) is 1. The average Bonchev–Trinajstić information content (AvgIpc) is 3.34. The van der Waals surface area contributed by atoms with Gasteiger partial charge in [0.05, 0.1) is 23.3 Å². The largest absolute Gasteiger partial charge is 0.350 e. The van der Waals surface area contributed by atoms with E-state index in [1.54, 1.807) is 10.7 Å². The summed E-state index contributed by atoms with van der Waals surface area (Å²) in [7, 11) is 0. The Morgan fingerprint density at radius 3 is 2.61 bits per heavy atom. The fraction of sp³-hybridized carbons (Fsp3) is 0.478. The van der Waals surface area contributed by atoms with Crippen molar-refractivity contribution in [2.24, 2.45) is 0 Å². The number of fused-ring (bicyclic) bond motifs is 2. The second-order valence-corrected chi connectivity index (χ2v) is 8.85. The zero-order valence-corrected chi connectivity index (χ0v) is 18.9. The second kappa shape index (κ2) is 8.66. The summed E-state index contributed by atoms with van der Waals surface area (Å²) in [4.78, 5) is 13.7. The van der Waals surface area contributed by atoms with Crippen molar-refractivity contribution in [2.45, 2.75) is 71.3 Å². The molecule has 0 amide bonds. The van der Waals surface area contributed by atoms with Gasteiger partial charge in [0.25, 0.3) is 0 Å². The smallest absolute Gasteiger partial charge is 0.345 e. The van der Waals surface area contributed by atoms with E-state index >= 15 is 0 Å². The molecule has 0 radical (unpaired) electrons. The highest BCUT2D eigenvalue weighted by Gasteiger charge is 2.24. The molecule has 1 aliphatic rings. The third-order valence-electron chi connectivity index (χ3n) is 6.27. The number of aryl methyl sites for hydroxylation is 1. The van der Waals surface area contributed by atoms with Gasteiger partial charge in [-0.25, -0.2) is 19.5 Å². The molecule has 0 unspecified atom stereocenters. The van der Waals surface area contributed by atoms with Crippen molar-refractivity contribution in [3.63, 3.8) is 0 Å². The average molecular weight is 456 g/mol. The predicted octanol–water partition coefficient (Wildman–Crippen LogP) is 4.99. The first kappa shape index (κ1) is 21.7. The molecule has 4 heterocycles. The van der Waals surface area contributed by atoms with E-state index in [9.17, 15) is 8.78 Å². The van der Waals surface area contributed by atoms with Crippen LogP contribution in [0.3, 0.4) is 0 Å². The van der Waals surface area contributed by atoms with Crippen LogP contribution in [0, 0.1) is 6.92 Å². The minimum absolute atomic E-state index is 0.140. The van der Waals surface area contributed by atoms with E-state index in [1.165, 1.54) is 0 Å². The molecule has 0 aromatic carbocycles. The molecule has 1 N–H and O–H groups in total. The molecule has 174 valence electrons. The number of pyridine rings is 1. The predicted molar refractivity (Wildman–Crippen MR) is 121 cm³/mol. The van der Waals surface area contributed by atoms with Gasteiger partial charge in [-0.2, -0.15) is 8.78 Å². The number of halogens is 2. The molecular weight excluding hydrogens is 428 g/mol. The third-order valence-corrected chi connectivity index (χ3v) is 6.27.